The first-order valence-electron chi connectivity index (χ1n) is 6.89. The van der Waals surface area contributed by atoms with Gasteiger partial charge in [0.2, 0.25) is 5.91 Å². The third-order valence-electron chi connectivity index (χ3n) is 2.86. The van der Waals surface area contributed by atoms with Crippen LogP contribution in [0, 0.1) is 6.92 Å². The molecule has 1 aromatic carbocycles. The van der Waals surface area contributed by atoms with Crippen molar-refractivity contribution in [1.82, 2.24) is 10.2 Å². The molecule has 0 aromatic heterocycles. The van der Waals surface area contributed by atoms with Crippen molar-refractivity contribution in [3.63, 3.8) is 0 Å². The fourth-order valence-corrected chi connectivity index (χ4v) is 1.89. The minimum atomic E-state index is -0.166. The van der Waals surface area contributed by atoms with E-state index in [1.807, 2.05) is 20.8 Å². The van der Waals surface area contributed by atoms with Crippen molar-refractivity contribution in [2.45, 2.75) is 46.7 Å². The number of hydrogen-bond donors (Lipinski definition) is 1. The average molecular weight is 262 g/mol. The summed E-state index contributed by atoms with van der Waals surface area (Å²) < 4.78 is 0. The molecule has 1 amide bonds. The molecule has 0 radical (unpaired) electrons. The van der Waals surface area contributed by atoms with Crippen LogP contribution in [-0.2, 0) is 11.3 Å². The van der Waals surface area contributed by atoms with Crippen molar-refractivity contribution in [2.75, 3.05) is 13.1 Å². The molecule has 1 rings (SSSR count). The Kier molecular flexibility index (Phi) is 5.55. The second-order valence-corrected chi connectivity index (χ2v) is 6.09. The number of carbonyl (C=O) groups excluding carboxylic acids is 1. The van der Waals surface area contributed by atoms with Crippen molar-refractivity contribution < 1.29 is 4.79 Å². The molecule has 0 heterocycles. The summed E-state index contributed by atoms with van der Waals surface area (Å²) in [6.07, 6.45) is 0. The Hall–Kier alpha value is -1.35. The number of likely N-dealkylation sites (N-methyl/N-ethyl adjacent to an activating group) is 1. The van der Waals surface area contributed by atoms with Crippen LogP contribution in [0.5, 0.6) is 0 Å². The normalized spacial score (nSPS) is 11.7. The van der Waals surface area contributed by atoms with Gasteiger partial charge in [0.05, 0.1) is 6.54 Å². The van der Waals surface area contributed by atoms with Gasteiger partial charge in [0, 0.05) is 12.1 Å². The van der Waals surface area contributed by atoms with Crippen LogP contribution >= 0.6 is 0 Å². The largest absolute Gasteiger partial charge is 0.350 e. The molecule has 0 atom stereocenters. The summed E-state index contributed by atoms with van der Waals surface area (Å²) in [6.45, 7) is 12.3. The summed E-state index contributed by atoms with van der Waals surface area (Å²) in [5.74, 6) is 0.0847. The monoisotopic (exact) mass is 262 g/mol. The molecule has 0 spiro atoms. The van der Waals surface area contributed by atoms with E-state index >= 15 is 0 Å². The maximum absolute atomic E-state index is 11.9. The van der Waals surface area contributed by atoms with E-state index in [0.717, 1.165) is 13.1 Å². The third-order valence-corrected chi connectivity index (χ3v) is 2.86. The molecular weight excluding hydrogens is 236 g/mol. The quantitative estimate of drug-likeness (QED) is 0.885. The summed E-state index contributed by atoms with van der Waals surface area (Å²) in [5, 5.41) is 3.00. The molecule has 0 bridgehead atoms. The lowest BCUT2D eigenvalue weighted by Gasteiger charge is -2.25. The van der Waals surface area contributed by atoms with Crippen molar-refractivity contribution in [3.05, 3.63) is 35.4 Å². The Labute approximate surface area is 117 Å². The Morgan fingerprint density at radius 1 is 1.21 bits per heavy atom. The molecule has 0 fully saturated rings. The molecule has 1 N–H and O–H groups in total. The second-order valence-electron chi connectivity index (χ2n) is 6.09. The smallest absolute Gasteiger partial charge is 0.234 e. The van der Waals surface area contributed by atoms with Crippen LogP contribution in [0.25, 0.3) is 0 Å². The van der Waals surface area contributed by atoms with Gasteiger partial charge in [0.1, 0.15) is 0 Å². The van der Waals surface area contributed by atoms with Gasteiger partial charge in [0.25, 0.3) is 0 Å². The Balaban J connectivity index is 2.54. The van der Waals surface area contributed by atoms with E-state index in [1.165, 1.54) is 11.1 Å². The van der Waals surface area contributed by atoms with Crippen molar-refractivity contribution in [3.8, 4) is 0 Å². The number of amides is 1. The topological polar surface area (TPSA) is 32.3 Å². The highest BCUT2D eigenvalue weighted by atomic mass is 16.2. The van der Waals surface area contributed by atoms with Crippen LogP contribution < -0.4 is 5.32 Å². The van der Waals surface area contributed by atoms with Crippen LogP contribution in [0.15, 0.2) is 24.3 Å². The van der Waals surface area contributed by atoms with Gasteiger partial charge in [-0.25, -0.2) is 0 Å². The highest BCUT2D eigenvalue weighted by molar-refractivity contribution is 5.78. The molecule has 19 heavy (non-hydrogen) atoms. The summed E-state index contributed by atoms with van der Waals surface area (Å²) >= 11 is 0. The Bertz CT molecular complexity index is 404. The fraction of sp³-hybridized carbons (Fsp3) is 0.562. The molecular formula is C16H26N2O. The third kappa shape index (κ3) is 6.39. The van der Waals surface area contributed by atoms with E-state index in [2.05, 4.69) is 48.3 Å². The van der Waals surface area contributed by atoms with Gasteiger partial charge < -0.3 is 5.32 Å². The Morgan fingerprint density at radius 2 is 1.79 bits per heavy atom. The number of nitrogens with zero attached hydrogens (tertiary/aromatic N) is 1. The number of carbonyl (C=O) groups is 1. The van der Waals surface area contributed by atoms with Crippen molar-refractivity contribution >= 4 is 5.91 Å². The number of aryl methyl sites for hydroxylation is 1. The van der Waals surface area contributed by atoms with Gasteiger partial charge in [0.15, 0.2) is 0 Å². The van der Waals surface area contributed by atoms with Crippen LogP contribution in [-0.4, -0.2) is 29.4 Å². The molecule has 106 valence electrons. The molecule has 0 unspecified atom stereocenters. The van der Waals surface area contributed by atoms with Gasteiger partial charge in [-0.1, -0.05) is 36.8 Å². The number of rotatable bonds is 5. The lowest BCUT2D eigenvalue weighted by atomic mass is 10.1. The van der Waals surface area contributed by atoms with Gasteiger partial charge in [-0.3, -0.25) is 9.69 Å². The maximum atomic E-state index is 11.9. The van der Waals surface area contributed by atoms with E-state index in [4.69, 9.17) is 0 Å². The second kappa shape index (κ2) is 6.71. The van der Waals surface area contributed by atoms with E-state index in [9.17, 15) is 4.79 Å². The molecule has 3 heteroatoms. The van der Waals surface area contributed by atoms with Crippen LogP contribution in [0.4, 0.5) is 0 Å². The first-order valence-corrected chi connectivity index (χ1v) is 6.89. The standard InChI is InChI=1S/C16H26N2O/c1-6-18(12-15(19)17-16(3,4)5)11-14-9-7-13(2)8-10-14/h7-10H,6,11-12H2,1-5H3,(H,17,19). The zero-order valence-corrected chi connectivity index (χ0v) is 12.8. The van der Waals surface area contributed by atoms with E-state index in [-0.39, 0.29) is 11.4 Å². The van der Waals surface area contributed by atoms with Crippen molar-refractivity contribution in [1.29, 1.82) is 0 Å². The van der Waals surface area contributed by atoms with Crippen LogP contribution in [0.3, 0.4) is 0 Å². The summed E-state index contributed by atoms with van der Waals surface area (Å²) in [4.78, 5) is 14.1. The fourth-order valence-electron chi connectivity index (χ4n) is 1.89. The average Bonchev–Trinajstić information content (AvgIpc) is 2.28. The summed E-state index contributed by atoms with van der Waals surface area (Å²) in [5.41, 5.74) is 2.34. The first kappa shape index (κ1) is 15.7. The summed E-state index contributed by atoms with van der Waals surface area (Å²) in [6, 6.07) is 8.47. The molecule has 0 saturated heterocycles. The number of hydrogen-bond acceptors (Lipinski definition) is 2. The predicted molar refractivity (Wildman–Crippen MR) is 80.0 cm³/mol. The predicted octanol–water partition coefficient (Wildman–Crippen LogP) is 2.73. The van der Waals surface area contributed by atoms with E-state index in [1.54, 1.807) is 0 Å². The highest BCUT2D eigenvalue weighted by Gasteiger charge is 2.16. The number of benzene rings is 1. The molecule has 0 aliphatic carbocycles. The SMILES string of the molecule is CCN(CC(=O)NC(C)(C)C)Cc1ccc(C)cc1. The summed E-state index contributed by atoms with van der Waals surface area (Å²) in [7, 11) is 0. The molecule has 0 aliphatic rings. The minimum absolute atomic E-state index is 0.0847. The molecule has 0 saturated carbocycles. The van der Waals surface area contributed by atoms with Gasteiger partial charge in [-0.05, 0) is 39.8 Å². The van der Waals surface area contributed by atoms with Gasteiger partial charge >= 0.3 is 0 Å². The van der Waals surface area contributed by atoms with Crippen LogP contribution in [0.2, 0.25) is 0 Å². The van der Waals surface area contributed by atoms with Gasteiger partial charge in [-0.15, -0.1) is 0 Å². The highest BCUT2D eigenvalue weighted by Crippen LogP contribution is 2.07. The Morgan fingerprint density at radius 3 is 2.26 bits per heavy atom. The zero-order valence-electron chi connectivity index (χ0n) is 12.8. The molecule has 3 nitrogen and oxygen atoms in total. The first-order chi connectivity index (χ1) is 8.80. The van der Waals surface area contributed by atoms with Crippen LogP contribution in [0.1, 0.15) is 38.8 Å². The zero-order chi connectivity index (χ0) is 14.5. The van der Waals surface area contributed by atoms with Crippen molar-refractivity contribution in [2.24, 2.45) is 0 Å². The number of nitrogens with one attached hydrogen (secondary N) is 1. The lowest BCUT2D eigenvalue weighted by Crippen LogP contribution is -2.45. The van der Waals surface area contributed by atoms with E-state index < -0.39 is 0 Å². The van der Waals surface area contributed by atoms with E-state index in [0.29, 0.717) is 6.54 Å². The molecule has 1 aromatic rings. The molecule has 0 aliphatic heterocycles. The lowest BCUT2D eigenvalue weighted by molar-refractivity contribution is -0.123. The minimum Gasteiger partial charge on any atom is -0.350 e. The van der Waals surface area contributed by atoms with Gasteiger partial charge in [-0.2, -0.15) is 0 Å². The maximum Gasteiger partial charge on any atom is 0.234 e.